The molecule has 0 bridgehead atoms. The van der Waals surface area contributed by atoms with E-state index in [1.165, 1.54) is 64.2 Å². The lowest BCUT2D eigenvalue weighted by Crippen LogP contribution is -2.33. The molecule has 0 radical (unpaired) electrons. The van der Waals surface area contributed by atoms with Crippen LogP contribution in [0.1, 0.15) is 181 Å². The fourth-order valence-corrected chi connectivity index (χ4v) is 6.47. The number of nitrogens with zero attached hydrogens (tertiary/aromatic N) is 1. The average Bonchev–Trinajstić information content (AvgIpc) is 3.10. The van der Waals surface area contributed by atoms with Crippen LogP contribution < -0.4 is 0 Å². The predicted molar refractivity (Wildman–Crippen MR) is 204 cm³/mol. The van der Waals surface area contributed by atoms with Crippen LogP contribution in [0, 0.1) is 0 Å². The van der Waals surface area contributed by atoms with Gasteiger partial charge in [0.25, 0.3) is 0 Å². The van der Waals surface area contributed by atoms with Crippen molar-refractivity contribution in [3.63, 3.8) is 0 Å². The molecular formula is C39H77NO8S. The number of rotatable bonds is 37. The Bertz CT molecular complexity index is 701. The van der Waals surface area contributed by atoms with Crippen LogP contribution in [-0.4, -0.2) is 84.3 Å². The average molecular weight is 720 g/mol. The molecule has 0 spiro atoms. The summed E-state index contributed by atoms with van der Waals surface area (Å²) in [5.41, 5.74) is 0. The van der Waals surface area contributed by atoms with Gasteiger partial charge in [-0.15, -0.1) is 0 Å². The van der Waals surface area contributed by atoms with Crippen LogP contribution in [0.2, 0.25) is 0 Å². The standard InChI is InChI=1S/C39H77NO8S/c1-4-7-10-12-14-18-26-36(27-19-15-13-11-8-5-2)48-39(43)47-34-24-20-28-37(49-44)35-40(30-25-31-41)29-21-16-17-23-33-46-38(42)45-32-22-9-6-3/h36-37,41,44H,4-35H2,1-3H3. The van der Waals surface area contributed by atoms with Crippen LogP contribution in [-0.2, 0) is 18.9 Å². The number of ether oxygens (including phenoxy) is 4. The summed E-state index contributed by atoms with van der Waals surface area (Å²) in [5, 5.41) is 9.44. The Hall–Kier alpha value is -1.23. The Morgan fingerprint density at radius 2 is 0.980 bits per heavy atom. The van der Waals surface area contributed by atoms with Gasteiger partial charge in [-0.3, -0.25) is 0 Å². The minimum Gasteiger partial charge on any atom is -0.434 e. The molecule has 10 heteroatoms. The molecule has 0 aliphatic carbocycles. The van der Waals surface area contributed by atoms with Crippen molar-refractivity contribution in [3.05, 3.63) is 0 Å². The lowest BCUT2D eigenvalue weighted by Gasteiger charge is -2.26. The van der Waals surface area contributed by atoms with Crippen molar-refractivity contribution in [1.82, 2.24) is 4.90 Å². The summed E-state index contributed by atoms with van der Waals surface area (Å²) in [5.74, 6) is 0. The minimum atomic E-state index is -0.573. The van der Waals surface area contributed by atoms with Gasteiger partial charge in [0.2, 0.25) is 0 Å². The summed E-state index contributed by atoms with van der Waals surface area (Å²) < 4.78 is 31.4. The van der Waals surface area contributed by atoms with Crippen molar-refractivity contribution in [2.75, 3.05) is 46.1 Å². The molecule has 0 amide bonds. The van der Waals surface area contributed by atoms with Crippen LogP contribution in [0.5, 0.6) is 0 Å². The molecule has 0 aromatic heterocycles. The number of unbranched alkanes of at least 4 members (excludes halogenated alkanes) is 16. The fourth-order valence-electron chi connectivity index (χ4n) is 5.92. The number of aliphatic hydroxyl groups excluding tert-OH is 1. The van der Waals surface area contributed by atoms with E-state index in [-0.39, 0.29) is 18.0 Å². The van der Waals surface area contributed by atoms with Gasteiger partial charge in [-0.05, 0) is 89.2 Å². The van der Waals surface area contributed by atoms with E-state index < -0.39 is 12.3 Å². The first-order chi connectivity index (χ1) is 24.0. The minimum absolute atomic E-state index is 0.0536. The number of carbonyl (C=O) groups excluding carboxylic acids is 2. The van der Waals surface area contributed by atoms with E-state index in [4.69, 9.17) is 18.9 Å². The van der Waals surface area contributed by atoms with Crippen molar-refractivity contribution in [1.29, 1.82) is 0 Å². The molecule has 2 N–H and O–H groups in total. The molecular weight excluding hydrogens is 642 g/mol. The van der Waals surface area contributed by atoms with Crippen molar-refractivity contribution < 1.29 is 38.2 Å². The highest BCUT2D eigenvalue weighted by Gasteiger charge is 2.17. The third-order valence-electron chi connectivity index (χ3n) is 8.96. The normalized spacial score (nSPS) is 12.1. The zero-order valence-electron chi connectivity index (χ0n) is 32.0. The van der Waals surface area contributed by atoms with Crippen molar-refractivity contribution in [3.8, 4) is 0 Å². The van der Waals surface area contributed by atoms with E-state index in [1.807, 2.05) is 0 Å². The highest BCUT2D eigenvalue weighted by Crippen LogP contribution is 2.19. The molecule has 1 unspecified atom stereocenters. The highest BCUT2D eigenvalue weighted by atomic mass is 32.2. The number of aliphatic hydroxyl groups is 1. The SMILES string of the molecule is CCCCCCCCC(CCCCCCCC)OC(=O)OCCCCC(CN(CCCO)CCCCCCOC(=O)OCCCCC)SO. The third kappa shape index (κ3) is 33.7. The van der Waals surface area contributed by atoms with Gasteiger partial charge in [-0.2, -0.15) is 0 Å². The molecule has 0 aromatic carbocycles. The molecule has 0 aliphatic heterocycles. The lowest BCUT2D eigenvalue weighted by molar-refractivity contribution is 0.0154. The van der Waals surface area contributed by atoms with Crippen LogP contribution in [0.25, 0.3) is 0 Å². The van der Waals surface area contributed by atoms with Gasteiger partial charge >= 0.3 is 12.3 Å². The van der Waals surface area contributed by atoms with Crippen LogP contribution in [0.4, 0.5) is 9.59 Å². The van der Waals surface area contributed by atoms with Gasteiger partial charge in [0.15, 0.2) is 0 Å². The topological polar surface area (TPSA) is 115 Å². The first-order valence-corrected chi connectivity index (χ1v) is 21.1. The van der Waals surface area contributed by atoms with E-state index in [0.717, 1.165) is 122 Å². The summed E-state index contributed by atoms with van der Waals surface area (Å²) in [6, 6.07) is 0. The predicted octanol–water partition coefficient (Wildman–Crippen LogP) is 11.3. The number of carbonyl (C=O) groups is 2. The molecule has 0 aromatic rings. The molecule has 0 fully saturated rings. The monoisotopic (exact) mass is 720 g/mol. The van der Waals surface area contributed by atoms with Crippen molar-refractivity contribution in [2.45, 2.75) is 193 Å². The van der Waals surface area contributed by atoms with E-state index in [1.54, 1.807) is 0 Å². The van der Waals surface area contributed by atoms with Gasteiger partial charge in [0.05, 0.1) is 19.8 Å². The summed E-state index contributed by atoms with van der Waals surface area (Å²) in [7, 11) is 0. The van der Waals surface area contributed by atoms with Gasteiger partial charge in [-0.25, -0.2) is 9.59 Å². The highest BCUT2D eigenvalue weighted by molar-refractivity contribution is 7.94. The second-order valence-corrected chi connectivity index (χ2v) is 14.5. The summed E-state index contributed by atoms with van der Waals surface area (Å²) >= 11 is 0.896. The van der Waals surface area contributed by atoms with Crippen LogP contribution >= 0.6 is 12.0 Å². The zero-order valence-corrected chi connectivity index (χ0v) is 32.8. The number of hydrogen-bond donors (Lipinski definition) is 2. The van der Waals surface area contributed by atoms with E-state index in [0.29, 0.717) is 26.2 Å². The molecule has 0 saturated carbocycles. The summed E-state index contributed by atoms with van der Waals surface area (Å²) in [6.07, 6.45) is 25.3. The molecule has 0 heterocycles. The molecule has 0 saturated heterocycles. The Morgan fingerprint density at radius 3 is 1.55 bits per heavy atom. The molecule has 9 nitrogen and oxygen atoms in total. The first-order valence-electron chi connectivity index (χ1n) is 20.3. The zero-order chi connectivity index (χ0) is 36.0. The fraction of sp³-hybridized carbons (Fsp3) is 0.949. The van der Waals surface area contributed by atoms with Gasteiger partial charge in [0.1, 0.15) is 6.10 Å². The smallest absolute Gasteiger partial charge is 0.434 e. The molecule has 0 aliphatic rings. The third-order valence-corrected chi connectivity index (χ3v) is 9.65. The molecule has 0 rings (SSSR count). The van der Waals surface area contributed by atoms with Gasteiger partial charge < -0.3 is 33.5 Å². The molecule has 49 heavy (non-hydrogen) atoms. The second-order valence-electron chi connectivity index (χ2n) is 13.6. The maximum absolute atomic E-state index is 12.5. The van der Waals surface area contributed by atoms with E-state index >= 15 is 0 Å². The Kier molecular flexibility index (Phi) is 37.1. The number of hydrogen-bond acceptors (Lipinski definition) is 10. The van der Waals surface area contributed by atoms with E-state index in [2.05, 4.69) is 25.7 Å². The largest absolute Gasteiger partial charge is 0.508 e. The Labute approximate surface area is 305 Å². The molecule has 292 valence electrons. The van der Waals surface area contributed by atoms with E-state index in [9.17, 15) is 19.2 Å². The maximum atomic E-state index is 12.5. The van der Waals surface area contributed by atoms with Crippen LogP contribution in [0.3, 0.4) is 0 Å². The summed E-state index contributed by atoms with van der Waals surface area (Å²) in [4.78, 5) is 26.4. The molecule has 1 atom stereocenters. The maximum Gasteiger partial charge on any atom is 0.508 e. The summed E-state index contributed by atoms with van der Waals surface area (Å²) in [6.45, 7) is 10.3. The van der Waals surface area contributed by atoms with Crippen molar-refractivity contribution >= 4 is 24.4 Å². The first kappa shape index (κ1) is 47.8. The Balaban J connectivity index is 4.33. The van der Waals surface area contributed by atoms with Gasteiger partial charge in [0, 0.05) is 24.9 Å². The van der Waals surface area contributed by atoms with Crippen LogP contribution in [0.15, 0.2) is 0 Å². The Morgan fingerprint density at radius 1 is 0.551 bits per heavy atom. The second kappa shape index (κ2) is 38.0. The van der Waals surface area contributed by atoms with Crippen molar-refractivity contribution in [2.24, 2.45) is 0 Å². The lowest BCUT2D eigenvalue weighted by atomic mass is 10.0. The quantitative estimate of drug-likeness (QED) is 0.0365. The van der Waals surface area contributed by atoms with Gasteiger partial charge in [-0.1, -0.05) is 111 Å².